The maximum absolute atomic E-state index is 5.67. The van der Waals surface area contributed by atoms with E-state index in [0.29, 0.717) is 16.9 Å². The average molecular weight is 307 g/mol. The molecule has 0 unspecified atom stereocenters. The van der Waals surface area contributed by atoms with Gasteiger partial charge in [-0.1, -0.05) is 11.8 Å². The van der Waals surface area contributed by atoms with Crippen LogP contribution < -0.4 is 9.47 Å². The lowest BCUT2D eigenvalue weighted by molar-refractivity contribution is 0.174. The van der Waals surface area contributed by atoms with Gasteiger partial charge >= 0.3 is 0 Å². The van der Waals surface area contributed by atoms with Gasteiger partial charge in [0.2, 0.25) is 12.7 Å². The van der Waals surface area contributed by atoms with Gasteiger partial charge in [0.25, 0.3) is 5.22 Å². The van der Waals surface area contributed by atoms with Gasteiger partial charge in [0.1, 0.15) is 0 Å². The van der Waals surface area contributed by atoms with Crippen molar-refractivity contribution in [3.05, 3.63) is 18.2 Å². The third-order valence-corrected chi connectivity index (χ3v) is 3.91. The first-order chi connectivity index (χ1) is 10.2. The summed E-state index contributed by atoms with van der Waals surface area (Å²) in [5.41, 5.74) is 0.840. The Morgan fingerprint density at radius 1 is 1.19 bits per heavy atom. The molecule has 6 nitrogen and oxygen atoms in total. The largest absolute Gasteiger partial charge is 0.454 e. The minimum atomic E-state index is 0.260. The number of hydrogen-bond acceptors (Lipinski definition) is 7. The molecule has 1 aromatic heterocycles. The molecule has 0 radical (unpaired) electrons. The molecule has 21 heavy (non-hydrogen) atoms. The number of ether oxygens (including phenoxy) is 2. The molecular weight excluding hydrogens is 290 g/mol. The summed E-state index contributed by atoms with van der Waals surface area (Å²) in [5, 5.41) is 8.74. The highest BCUT2D eigenvalue weighted by Gasteiger charge is 2.16. The van der Waals surface area contributed by atoms with E-state index < -0.39 is 0 Å². The van der Waals surface area contributed by atoms with Gasteiger partial charge in [0, 0.05) is 11.3 Å². The van der Waals surface area contributed by atoms with Crippen molar-refractivity contribution in [3.8, 4) is 23.0 Å². The molecule has 1 aliphatic heterocycles. The fourth-order valence-electron chi connectivity index (χ4n) is 1.95. The predicted octanol–water partition coefficient (Wildman–Crippen LogP) is 2.51. The average Bonchev–Trinajstić information content (AvgIpc) is 3.11. The quantitative estimate of drug-likeness (QED) is 0.600. The van der Waals surface area contributed by atoms with Crippen LogP contribution in [-0.2, 0) is 0 Å². The van der Waals surface area contributed by atoms with Gasteiger partial charge in [0.05, 0.1) is 0 Å². The monoisotopic (exact) mass is 307 g/mol. The second-order valence-corrected chi connectivity index (χ2v) is 5.99. The van der Waals surface area contributed by atoms with E-state index in [1.165, 1.54) is 0 Å². The number of fused-ring (bicyclic) bond motifs is 1. The Balaban J connectivity index is 1.62. The van der Waals surface area contributed by atoms with Gasteiger partial charge in [-0.2, -0.15) is 0 Å². The summed E-state index contributed by atoms with van der Waals surface area (Å²) >= 11 is 1.58. The van der Waals surface area contributed by atoms with Crippen molar-refractivity contribution in [2.75, 3.05) is 33.2 Å². The van der Waals surface area contributed by atoms with Gasteiger partial charge < -0.3 is 18.8 Å². The van der Waals surface area contributed by atoms with Crippen molar-refractivity contribution < 1.29 is 13.9 Å². The molecule has 0 aliphatic carbocycles. The zero-order valence-corrected chi connectivity index (χ0v) is 12.9. The molecule has 112 valence electrons. The van der Waals surface area contributed by atoms with Crippen LogP contribution in [0.25, 0.3) is 11.5 Å². The Bertz CT molecular complexity index is 615. The summed E-state index contributed by atoms with van der Waals surface area (Å²) in [6.45, 7) is 1.31. The summed E-state index contributed by atoms with van der Waals surface area (Å²) in [7, 11) is 4.13. The smallest absolute Gasteiger partial charge is 0.276 e. The zero-order chi connectivity index (χ0) is 14.7. The molecule has 1 aromatic carbocycles. The number of hydrogen-bond donors (Lipinski definition) is 0. The van der Waals surface area contributed by atoms with Crippen molar-refractivity contribution in [2.45, 2.75) is 11.6 Å². The van der Waals surface area contributed by atoms with E-state index in [1.807, 2.05) is 18.2 Å². The van der Waals surface area contributed by atoms with Crippen molar-refractivity contribution in [1.29, 1.82) is 0 Å². The van der Waals surface area contributed by atoms with Crippen molar-refractivity contribution in [2.24, 2.45) is 0 Å². The van der Waals surface area contributed by atoms with Crippen LogP contribution in [0.5, 0.6) is 11.5 Å². The maximum atomic E-state index is 5.67. The summed E-state index contributed by atoms with van der Waals surface area (Å²) < 4.78 is 16.3. The van der Waals surface area contributed by atoms with Crippen LogP contribution in [0.1, 0.15) is 6.42 Å². The van der Waals surface area contributed by atoms with E-state index in [4.69, 9.17) is 13.9 Å². The zero-order valence-electron chi connectivity index (χ0n) is 12.0. The van der Waals surface area contributed by atoms with Crippen molar-refractivity contribution in [1.82, 2.24) is 15.1 Å². The highest BCUT2D eigenvalue weighted by molar-refractivity contribution is 7.99. The maximum Gasteiger partial charge on any atom is 0.276 e. The van der Waals surface area contributed by atoms with Crippen molar-refractivity contribution in [3.63, 3.8) is 0 Å². The highest BCUT2D eigenvalue weighted by atomic mass is 32.2. The number of thioether (sulfide) groups is 1. The molecule has 0 spiro atoms. The Morgan fingerprint density at radius 3 is 2.90 bits per heavy atom. The summed E-state index contributed by atoms with van der Waals surface area (Å²) in [6.07, 6.45) is 1.08. The lowest BCUT2D eigenvalue weighted by Gasteiger charge is -2.07. The van der Waals surface area contributed by atoms with Gasteiger partial charge in [-0.3, -0.25) is 0 Å². The summed E-state index contributed by atoms with van der Waals surface area (Å²) in [5.74, 6) is 2.92. The molecule has 0 N–H and O–H groups in total. The van der Waals surface area contributed by atoms with Gasteiger partial charge in [0.15, 0.2) is 11.5 Å². The summed E-state index contributed by atoms with van der Waals surface area (Å²) in [4.78, 5) is 2.16. The highest BCUT2D eigenvalue weighted by Crippen LogP contribution is 2.35. The molecule has 0 amide bonds. The number of benzene rings is 1. The third kappa shape index (κ3) is 3.48. The Hall–Kier alpha value is -1.73. The Kier molecular flexibility index (Phi) is 4.31. The van der Waals surface area contributed by atoms with E-state index in [0.717, 1.165) is 30.0 Å². The molecule has 1 aliphatic rings. The molecule has 7 heteroatoms. The van der Waals surface area contributed by atoms with E-state index in [-0.39, 0.29) is 6.79 Å². The second-order valence-electron chi connectivity index (χ2n) is 4.95. The first kappa shape index (κ1) is 14.2. The predicted molar refractivity (Wildman–Crippen MR) is 79.8 cm³/mol. The number of rotatable bonds is 6. The second kappa shape index (κ2) is 6.36. The molecule has 0 bridgehead atoms. The first-order valence-corrected chi connectivity index (χ1v) is 7.72. The summed E-state index contributed by atoms with van der Waals surface area (Å²) in [6, 6.07) is 5.60. The molecule has 0 atom stereocenters. The topological polar surface area (TPSA) is 60.6 Å². The lowest BCUT2D eigenvalue weighted by Crippen LogP contribution is -2.13. The van der Waals surface area contributed by atoms with Crippen LogP contribution in [0.4, 0.5) is 0 Å². The van der Waals surface area contributed by atoms with Crippen LogP contribution in [0.3, 0.4) is 0 Å². The Labute approximate surface area is 127 Å². The lowest BCUT2D eigenvalue weighted by atomic mass is 10.2. The van der Waals surface area contributed by atoms with E-state index >= 15 is 0 Å². The van der Waals surface area contributed by atoms with Crippen LogP contribution in [0.2, 0.25) is 0 Å². The van der Waals surface area contributed by atoms with Gasteiger partial charge in [-0.15, -0.1) is 10.2 Å². The van der Waals surface area contributed by atoms with Crippen LogP contribution in [0, 0.1) is 0 Å². The third-order valence-electron chi connectivity index (χ3n) is 3.00. The molecule has 3 rings (SSSR count). The van der Waals surface area contributed by atoms with Crippen molar-refractivity contribution >= 4 is 11.8 Å². The normalized spacial score (nSPS) is 13.1. The fraction of sp³-hybridized carbons (Fsp3) is 0.429. The Morgan fingerprint density at radius 2 is 2.05 bits per heavy atom. The minimum absolute atomic E-state index is 0.260. The number of nitrogens with zero attached hydrogens (tertiary/aromatic N) is 3. The van der Waals surface area contributed by atoms with E-state index in [1.54, 1.807) is 11.8 Å². The van der Waals surface area contributed by atoms with Gasteiger partial charge in [-0.05, 0) is 45.3 Å². The SMILES string of the molecule is CN(C)CCCSc1nnc(-c2ccc3c(c2)OCO3)o1. The van der Waals surface area contributed by atoms with Gasteiger partial charge in [-0.25, -0.2) is 0 Å². The molecule has 0 fully saturated rings. The molecule has 2 aromatic rings. The molecular formula is C14H17N3O3S. The van der Waals surface area contributed by atoms with E-state index in [2.05, 4.69) is 29.2 Å². The minimum Gasteiger partial charge on any atom is -0.454 e. The molecule has 2 heterocycles. The molecule has 0 saturated carbocycles. The van der Waals surface area contributed by atoms with E-state index in [9.17, 15) is 0 Å². The van der Waals surface area contributed by atoms with Crippen LogP contribution in [0.15, 0.2) is 27.8 Å². The first-order valence-electron chi connectivity index (χ1n) is 6.73. The standard InChI is InChI=1S/C14H17N3O3S/c1-17(2)6-3-7-21-14-16-15-13(20-14)10-4-5-11-12(8-10)19-9-18-11/h4-5,8H,3,6-7,9H2,1-2H3. The molecule has 0 saturated heterocycles. The van der Waals surface area contributed by atoms with Crippen LogP contribution >= 0.6 is 11.8 Å². The number of aromatic nitrogens is 2. The van der Waals surface area contributed by atoms with Crippen LogP contribution in [-0.4, -0.2) is 48.3 Å². The fourth-order valence-corrected chi connectivity index (χ4v) is 2.64.